The van der Waals surface area contributed by atoms with Crippen LogP contribution in [0.5, 0.6) is 5.75 Å². The van der Waals surface area contributed by atoms with Crippen molar-refractivity contribution in [1.29, 1.82) is 5.26 Å². The third-order valence-corrected chi connectivity index (χ3v) is 8.54. The molecular weight excluding hydrogens is 480 g/mol. The number of primary amides is 1. The van der Waals surface area contributed by atoms with Crippen LogP contribution in [0, 0.1) is 23.2 Å². The lowest BCUT2D eigenvalue weighted by molar-refractivity contribution is -0.163. The van der Waals surface area contributed by atoms with Gasteiger partial charge in [0.05, 0.1) is 28.8 Å². The Balaban J connectivity index is 1.80. The molecule has 0 radical (unpaired) electrons. The summed E-state index contributed by atoms with van der Waals surface area (Å²) >= 11 is 0. The minimum absolute atomic E-state index is 0.0308. The number of amides is 1. The number of Topliss-reactive ketones (excluding diaryl/α,β-unsaturated/α-hetero) is 1. The Labute approximate surface area is 213 Å². The highest BCUT2D eigenvalue weighted by molar-refractivity contribution is 6.13. The molecule has 3 unspecified atom stereocenters. The van der Waals surface area contributed by atoms with E-state index in [0.717, 1.165) is 0 Å². The van der Waals surface area contributed by atoms with Crippen molar-refractivity contribution in [3.8, 4) is 11.8 Å². The number of phenolic OH excluding ortho intramolecular Hbond substituents is 1. The number of rotatable bonds is 3. The number of nitrogens with zero attached hydrogens (tertiary/aromatic N) is 3. The minimum atomic E-state index is -2.33. The van der Waals surface area contributed by atoms with Gasteiger partial charge >= 0.3 is 0 Å². The first kappa shape index (κ1) is 25.1. The number of hydrogen-bond acceptors (Lipinski definition) is 10. The zero-order valence-corrected chi connectivity index (χ0v) is 21.2. The molecule has 11 nitrogen and oxygen atoms in total. The molecule has 196 valence electrons. The Hall–Kier alpha value is -3.59. The fourth-order valence-corrected chi connectivity index (χ4v) is 7.01. The van der Waals surface area contributed by atoms with E-state index in [4.69, 9.17) is 10.5 Å². The number of hydrogen-bond donors (Lipinski definition) is 5. The molecule has 1 heterocycles. The van der Waals surface area contributed by atoms with Crippen molar-refractivity contribution in [2.75, 3.05) is 33.1 Å². The molecule has 1 aromatic rings. The Kier molecular flexibility index (Phi) is 5.22. The van der Waals surface area contributed by atoms with Crippen LogP contribution in [-0.2, 0) is 20.7 Å². The van der Waals surface area contributed by atoms with Crippen LogP contribution < -0.4 is 10.6 Å². The SMILES string of the molecule is CC1OC12C(C(N)=O)=C(O)[C@H](N(C)C)[C@@H]1C[C@@H]3Cc4c(N(C)C)cc(C#N)c(O)c4C(O)=C3C(=O)C12O. The quantitative estimate of drug-likeness (QED) is 0.359. The molecule has 1 amide bonds. The topological polar surface area (TPSA) is 184 Å². The number of ether oxygens (including phenoxy) is 1. The first-order valence-electron chi connectivity index (χ1n) is 12.0. The maximum absolute atomic E-state index is 14.3. The lowest BCUT2D eigenvalue weighted by Crippen LogP contribution is -2.71. The summed E-state index contributed by atoms with van der Waals surface area (Å²) < 4.78 is 5.74. The molecule has 1 spiro atoms. The Morgan fingerprint density at radius 1 is 1.24 bits per heavy atom. The molecular formula is C26H30N4O7. The number of carbonyl (C=O) groups excluding carboxylic acids is 2. The normalized spacial score (nSPS) is 34.2. The van der Waals surface area contributed by atoms with E-state index in [9.17, 15) is 35.3 Å². The maximum Gasteiger partial charge on any atom is 0.251 e. The third kappa shape index (κ3) is 2.86. The summed E-state index contributed by atoms with van der Waals surface area (Å²) in [6, 6.07) is 2.51. The fraction of sp³-hybridized carbons (Fsp3) is 0.500. The van der Waals surface area contributed by atoms with Crippen LogP contribution in [0.1, 0.15) is 30.0 Å². The maximum atomic E-state index is 14.3. The fourth-order valence-electron chi connectivity index (χ4n) is 7.01. The van der Waals surface area contributed by atoms with Crippen LogP contribution in [0.2, 0.25) is 0 Å². The van der Waals surface area contributed by atoms with Gasteiger partial charge in [-0.3, -0.25) is 14.5 Å². The zero-order chi connectivity index (χ0) is 27.4. The second kappa shape index (κ2) is 7.71. The Morgan fingerprint density at radius 3 is 2.35 bits per heavy atom. The number of phenols is 1. The number of fused-ring (bicyclic) bond motifs is 4. The molecule has 3 aliphatic carbocycles. The average molecular weight is 511 g/mol. The summed E-state index contributed by atoms with van der Waals surface area (Å²) in [5.74, 6) is -4.67. The number of likely N-dealkylation sites (N-methyl/N-ethyl adjacent to an activating group) is 1. The molecule has 37 heavy (non-hydrogen) atoms. The zero-order valence-electron chi connectivity index (χ0n) is 21.2. The smallest absolute Gasteiger partial charge is 0.251 e. The van der Waals surface area contributed by atoms with E-state index in [2.05, 4.69) is 0 Å². The Morgan fingerprint density at radius 2 is 1.86 bits per heavy atom. The van der Waals surface area contributed by atoms with Crippen molar-refractivity contribution in [3.63, 3.8) is 0 Å². The lowest BCUT2D eigenvalue weighted by Gasteiger charge is -2.54. The van der Waals surface area contributed by atoms with Crippen LogP contribution in [-0.4, -0.2) is 88.6 Å². The molecule has 1 saturated carbocycles. The summed E-state index contributed by atoms with van der Waals surface area (Å²) in [5, 5.41) is 55.4. The standard InChI is InChI=1S/C26H30N4O7/c1-10-26(37-10)18(24(28)35)22(33)19(30(4)5)14-7-11-6-13-15(29(2)3)8-12(9-27)20(31)17(13)21(32)16(11)23(34)25(14,26)36/h8,10-11,14,19,31-33,36H,6-7H2,1-5H3,(H2,28,35)/t10?,11-,14-,19+,25?,26?/m0/s1. The molecule has 11 heteroatoms. The lowest BCUT2D eigenvalue weighted by atomic mass is 9.53. The van der Waals surface area contributed by atoms with Gasteiger partial charge < -0.3 is 35.8 Å². The molecule has 6 N–H and O–H groups in total. The predicted molar refractivity (Wildman–Crippen MR) is 132 cm³/mol. The van der Waals surface area contributed by atoms with Gasteiger partial charge in [-0.15, -0.1) is 0 Å². The summed E-state index contributed by atoms with van der Waals surface area (Å²) in [6.45, 7) is 1.57. The largest absolute Gasteiger partial charge is 0.510 e. The van der Waals surface area contributed by atoms with Crippen molar-refractivity contribution < 1.29 is 34.8 Å². The van der Waals surface area contributed by atoms with E-state index < -0.39 is 58.4 Å². The van der Waals surface area contributed by atoms with Crippen LogP contribution in [0.3, 0.4) is 0 Å². The number of aromatic hydroxyl groups is 1. The first-order chi connectivity index (χ1) is 17.2. The van der Waals surface area contributed by atoms with Crippen molar-refractivity contribution in [1.82, 2.24) is 4.90 Å². The van der Waals surface area contributed by atoms with Crippen molar-refractivity contribution in [2.24, 2.45) is 17.6 Å². The number of epoxide rings is 1. The molecule has 1 aliphatic heterocycles. The van der Waals surface area contributed by atoms with Gasteiger partial charge in [0.2, 0.25) is 0 Å². The predicted octanol–water partition coefficient (Wildman–Crippen LogP) is 0.490. The number of aliphatic hydroxyl groups excluding tert-OH is 2. The number of ketones is 1. The monoisotopic (exact) mass is 510 g/mol. The van der Waals surface area contributed by atoms with E-state index in [1.807, 2.05) is 6.07 Å². The molecule has 4 aliphatic rings. The highest BCUT2D eigenvalue weighted by Crippen LogP contribution is 2.64. The number of nitrogens with two attached hydrogens (primary N) is 1. The first-order valence-corrected chi connectivity index (χ1v) is 12.0. The number of aliphatic hydroxyl groups is 3. The third-order valence-electron chi connectivity index (χ3n) is 8.54. The minimum Gasteiger partial charge on any atom is -0.510 e. The van der Waals surface area contributed by atoms with Crippen LogP contribution >= 0.6 is 0 Å². The molecule has 2 fully saturated rings. The van der Waals surface area contributed by atoms with Crippen molar-refractivity contribution >= 4 is 23.1 Å². The summed E-state index contributed by atoms with van der Waals surface area (Å²) in [7, 11) is 6.85. The molecule has 6 atom stereocenters. The van der Waals surface area contributed by atoms with Crippen LogP contribution in [0.4, 0.5) is 5.69 Å². The van der Waals surface area contributed by atoms with Crippen molar-refractivity contribution in [2.45, 2.75) is 43.1 Å². The molecule has 5 rings (SSSR count). The molecule has 1 saturated heterocycles. The van der Waals surface area contributed by atoms with Crippen LogP contribution in [0.15, 0.2) is 23.0 Å². The number of benzene rings is 1. The van der Waals surface area contributed by atoms with E-state index in [1.165, 1.54) is 6.07 Å². The van der Waals surface area contributed by atoms with E-state index in [0.29, 0.717) is 11.3 Å². The molecule has 1 aromatic carbocycles. The van der Waals surface area contributed by atoms with Gasteiger partial charge in [-0.25, -0.2) is 0 Å². The Bertz CT molecular complexity index is 1370. The summed E-state index contributed by atoms with van der Waals surface area (Å²) in [5.41, 5.74) is 2.03. The van der Waals surface area contributed by atoms with Gasteiger partial charge in [0.15, 0.2) is 17.0 Å². The van der Waals surface area contributed by atoms with E-state index >= 15 is 0 Å². The van der Waals surface area contributed by atoms with Crippen molar-refractivity contribution in [3.05, 3.63) is 39.7 Å². The summed E-state index contributed by atoms with van der Waals surface area (Å²) in [4.78, 5) is 30.2. The van der Waals surface area contributed by atoms with Crippen LogP contribution in [0.25, 0.3) is 5.76 Å². The summed E-state index contributed by atoms with van der Waals surface area (Å²) in [6.07, 6.45) is -0.423. The number of nitriles is 1. The highest BCUT2D eigenvalue weighted by Gasteiger charge is 2.80. The number of anilines is 1. The molecule has 0 aromatic heterocycles. The molecule has 0 bridgehead atoms. The second-order valence-electron chi connectivity index (χ2n) is 10.8. The van der Waals surface area contributed by atoms with E-state index in [1.54, 1.807) is 44.9 Å². The van der Waals surface area contributed by atoms with Gasteiger partial charge in [-0.05, 0) is 51.4 Å². The van der Waals surface area contributed by atoms with Gasteiger partial charge in [-0.2, -0.15) is 5.26 Å². The average Bonchev–Trinajstić information content (AvgIpc) is 3.46. The number of carbonyl (C=O) groups is 2. The second-order valence-corrected chi connectivity index (χ2v) is 10.8. The van der Waals surface area contributed by atoms with E-state index in [-0.39, 0.29) is 40.9 Å². The van der Waals surface area contributed by atoms with Gasteiger partial charge in [0.25, 0.3) is 5.91 Å². The van der Waals surface area contributed by atoms with Gasteiger partial charge in [0.1, 0.15) is 23.3 Å². The van der Waals surface area contributed by atoms with Gasteiger partial charge in [-0.1, -0.05) is 0 Å². The highest BCUT2D eigenvalue weighted by atomic mass is 16.6. The van der Waals surface area contributed by atoms with Gasteiger partial charge in [0, 0.05) is 31.3 Å².